The monoisotopic (exact) mass is 360 g/mol. The molecule has 1 heterocycles. The lowest BCUT2D eigenvalue weighted by molar-refractivity contribution is -0.133. The van der Waals surface area contributed by atoms with E-state index in [0.717, 1.165) is 12.0 Å². The highest BCUT2D eigenvalue weighted by Crippen LogP contribution is 2.28. The molecule has 2 aromatic carbocycles. The van der Waals surface area contributed by atoms with Gasteiger partial charge in [-0.2, -0.15) is 0 Å². The summed E-state index contributed by atoms with van der Waals surface area (Å²) in [6.45, 7) is 1.90. The van der Waals surface area contributed by atoms with Gasteiger partial charge in [-0.1, -0.05) is 41.9 Å². The highest BCUT2D eigenvalue weighted by Gasteiger charge is 2.43. The third-order valence-electron chi connectivity index (χ3n) is 4.73. The molecule has 1 aliphatic heterocycles. The van der Waals surface area contributed by atoms with Crippen LogP contribution in [0.15, 0.2) is 48.5 Å². The number of benzene rings is 2. The second kappa shape index (κ2) is 7.98. The molecule has 1 saturated heterocycles. The van der Waals surface area contributed by atoms with Crippen molar-refractivity contribution in [3.05, 3.63) is 70.5 Å². The van der Waals surface area contributed by atoms with E-state index in [1.165, 1.54) is 6.07 Å². The van der Waals surface area contributed by atoms with Gasteiger partial charge in [0.2, 0.25) is 5.91 Å². The smallest absolute Gasteiger partial charge is 0.229 e. The molecule has 0 unspecified atom stereocenters. The molecule has 0 aliphatic carbocycles. The van der Waals surface area contributed by atoms with Crippen molar-refractivity contribution in [1.82, 2.24) is 10.6 Å². The maximum atomic E-state index is 13.6. The minimum atomic E-state index is -0.397. The van der Waals surface area contributed by atoms with Gasteiger partial charge in [0.05, 0.1) is 5.41 Å². The van der Waals surface area contributed by atoms with Crippen molar-refractivity contribution in [3.63, 3.8) is 0 Å². The standard InChI is InChI=1S/C20H22ClFN2O/c21-17-9-7-15(8-10-17)12-20(13-23-14-20)19(25)24-11-3-5-16-4-1-2-6-18(16)22/h1-2,4,6-10,23H,3,5,11-14H2,(H,24,25). The fourth-order valence-corrected chi connectivity index (χ4v) is 3.28. The van der Waals surface area contributed by atoms with Gasteiger partial charge in [0.15, 0.2) is 0 Å². The summed E-state index contributed by atoms with van der Waals surface area (Å²) in [5.74, 6) is -0.119. The Balaban J connectivity index is 1.50. The SMILES string of the molecule is O=C(NCCCc1ccccc1F)C1(Cc2ccc(Cl)cc2)CNC1. The summed E-state index contributed by atoms with van der Waals surface area (Å²) in [6, 6.07) is 14.4. The molecular weight excluding hydrogens is 339 g/mol. The molecule has 3 rings (SSSR count). The van der Waals surface area contributed by atoms with Crippen molar-refractivity contribution < 1.29 is 9.18 Å². The van der Waals surface area contributed by atoms with Crippen LogP contribution >= 0.6 is 11.6 Å². The minimum Gasteiger partial charge on any atom is -0.356 e. The topological polar surface area (TPSA) is 41.1 Å². The van der Waals surface area contributed by atoms with Crippen LogP contribution in [0.1, 0.15) is 17.5 Å². The van der Waals surface area contributed by atoms with Gasteiger partial charge in [-0.15, -0.1) is 0 Å². The van der Waals surface area contributed by atoms with Gasteiger partial charge in [-0.3, -0.25) is 4.79 Å². The van der Waals surface area contributed by atoms with Crippen LogP contribution in [-0.4, -0.2) is 25.5 Å². The highest BCUT2D eigenvalue weighted by molar-refractivity contribution is 6.30. The highest BCUT2D eigenvalue weighted by atomic mass is 35.5. The zero-order chi connectivity index (χ0) is 17.7. The Hall–Kier alpha value is -1.91. The predicted octanol–water partition coefficient (Wildman–Crippen LogP) is 3.36. The third-order valence-corrected chi connectivity index (χ3v) is 4.98. The molecule has 0 atom stereocenters. The van der Waals surface area contributed by atoms with Gasteiger partial charge in [0, 0.05) is 24.7 Å². The molecule has 2 N–H and O–H groups in total. The lowest BCUT2D eigenvalue weighted by Gasteiger charge is -2.41. The zero-order valence-corrected chi connectivity index (χ0v) is 14.8. The van der Waals surface area contributed by atoms with Crippen LogP contribution in [0.5, 0.6) is 0 Å². The number of halogens is 2. The predicted molar refractivity (Wildman–Crippen MR) is 98.2 cm³/mol. The molecule has 0 saturated carbocycles. The number of carbonyl (C=O) groups is 1. The average Bonchev–Trinajstić information content (AvgIpc) is 2.58. The van der Waals surface area contributed by atoms with E-state index in [-0.39, 0.29) is 11.7 Å². The number of amides is 1. The summed E-state index contributed by atoms with van der Waals surface area (Å²) >= 11 is 5.92. The number of aryl methyl sites for hydroxylation is 1. The number of carbonyl (C=O) groups excluding carboxylic acids is 1. The van der Waals surface area contributed by atoms with Gasteiger partial charge in [0.1, 0.15) is 5.82 Å². The maximum Gasteiger partial charge on any atom is 0.229 e. The molecule has 3 nitrogen and oxygen atoms in total. The second-order valence-electron chi connectivity index (χ2n) is 6.64. The van der Waals surface area contributed by atoms with E-state index < -0.39 is 5.41 Å². The molecule has 25 heavy (non-hydrogen) atoms. The number of nitrogens with one attached hydrogen (secondary N) is 2. The van der Waals surface area contributed by atoms with E-state index >= 15 is 0 Å². The Morgan fingerprint density at radius 2 is 1.88 bits per heavy atom. The number of rotatable bonds is 7. The average molecular weight is 361 g/mol. The summed E-state index contributed by atoms with van der Waals surface area (Å²) < 4.78 is 13.6. The summed E-state index contributed by atoms with van der Waals surface area (Å²) in [7, 11) is 0. The van der Waals surface area contributed by atoms with Gasteiger partial charge >= 0.3 is 0 Å². The zero-order valence-electron chi connectivity index (χ0n) is 14.0. The van der Waals surface area contributed by atoms with E-state index in [0.29, 0.717) is 43.1 Å². The van der Waals surface area contributed by atoms with Crippen LogP contribution in [0.25, 0.3) is 0 Å². The molecule has 1 amide bonds. The molecule has 1 fully saturated rings. The lowest BCUT2D eigenvalue weighted by atomic mass is 9.75. The fraction of sp³-hybridized carbons (Fsp3) is 0.350. The van der Waals surface area contributed by atoms with Crippen LogP contribution in [0.4, 0.5) is 4.39 Å². The van der Waals surface area contributed by atoms with Gasteiger partial charge < -0.3 is 10.6 Å². The van der Waals surface area contributed by atoms with Gasteiger partial charge in [-0.25, -0.2) is 4.39 Å². The quantitative estimate of drug-likeness (QED) is 0.743. The molecule has 0 spiro atoms. The molecular formula is C20H22ClFN2O. The first-order valence-corrected chi connectivity index (χ1v) is 8.94. The van der Waals surface area contributed by atoms with Crippen molar-refractivity contribution in [2.24, 2.45) is 5.41 Å². The molecule has 5 heteroatoms. The fourth-order valence-electron chi connectivity index (χ4n) is 3.16. The molecule has 0 aromatic heterocycles. The van der Waals surface area contributed by atoms with Crippen molar-refractivity contribution >= 4 is 17.5 Å². The van der Waals surface area contributed by atoms with E-state index in [9.17, 15) is 9.18 Å². The summed E-state index contributed by atoms with van der Waals surface area (Å²) in [4.78, 5) is 12.6. The van der Waals surface area contributed by atoms with E-state index in [2.05, 4.69) is 10.6 Å². The van der Waals surface area contributed by atoms with Gasteiger partial charge in [0.25, 0.3) is 0 Å². The van der Waals surface area contributed by atoms with E-state index in [4.69, 9.17) is 11.6 Å². The Morgan fingerprint density at radius 1 is 1.16 bits per heavy atom. The Labute approximate surface area is 152 Å². The van der Waals surface area contributed by atoms with E-state index in [1.807, 2.05) is 30.3 Å². The largest absolute Gasteiger partial charge is 0.356 e. The summed E-state index contributed by atoms with van der Waals surface area (Å²) in [5, 5.41) is 6.92. The second-order valence-corrected chi connectivity index (χ2v) is 7.07. The van der Waals surface area contributed by atoms with Crippen molar-refractivity contribution in [2.75, 3.05) is 19.6 Å². The molecule has 0 bridgehead atoms. The third kappa shape index (κ3) is 4.39. The first kappa shape index (κ1) is 17.9. The molecule has 0 radical (unpaired) electrons. The molecule has 132 valence electrons. The maximum absolute atomic E-state index is 13.6. The first-order valence-electron chi connectivity index (χ1n) is 8.56. The van der Waals surface area contributed by atoms with Crippen molar-refractivity contribution in [3.8, 4) is 0 Å². The summed E-state index contributed by atoms with van der Waals surface area (Å²) in [5.41, 5.74) is 1.40. The van der Waals surface area contributed by atoms with Crippen molar-refractivity contribution in [1.29, 1.82) is 0 Å². The van der Waals surface area contributed by atoms with E-state index in [1.54, 1.807) is 12.1 Å². The minimum absolute atomic E-state index is 0.0646. The number of hydrogen-bond acceptors (Lipinski definition) is 2. The molecule has 2 aromatic rings. The lowest BCUT2D eigenvalue weighted by Crippen LogP contribution is -2.62. The summed E-state index contributed by atoms with van der Waals surface area (Å²) in [6.07, 6.45) is 2.03. The number of hydrogen-bond donors (Lipinski definition) is 2. The molecule has 1 aliphatic rings. The van der Waals surface area contributed by atoms with Crippen LogP contribution in [0.3, 0.4) is 0 Å². The van der Waals surface area contributed by atoms with Crippen LogP contribution < -0.4 is 10.6 Å². The van der Waals surface area contributed by atoms with Crippen molar-refractivity contribution in [2.45, 2.75) is 19.3 Å². The van der Waals surface area contributed by atoms with Gasteiger partial charge in [-0.05, 0) is 48.6 Å². The van der Waals surface area contributed by atoms with Crippen LogP contribution in [0.2, 0.25) is 5.02 Å². The Bertz CT molecular complexity index is 729. The Kier molecular flexibility index (Phi) is 5.71. The normalized spacial score (nSPS) is 15.4. The van der Waals surface area contributed by atoms with Crippen LogP contribution in [-0.2, 0) is 17.6 Å². The van der Waals surface area contributed by atoms with Crippen LogP contribution in [0, 0.1) is 11.2 Å². The Morgan fingerprint density at radius 3 is 2.52 bits per heavy atom. The first-order chi connectivity index (χ1) is 12.1.